The molecule has 0 spiro atoms. The molecule has 0 aromatic heterocycles. The van der Waals surface area contributed by atoms with Crippen molar-refractivity contribution in [1.29, 1.82) is 0 Å². The van der Waals surface area contributed by atoms with Crippen LogP contribution < -0.4 is 0 Å². The van der Waals surface area contributed by atoms with Gasteiger partial charge in [-0.1, -0.05) is 19.1 Å². The van der Waals surface area contributed by atoms with Crippen molar-refractivity contribution >= 4 is 5.91 Å². The van der Waals surface area contributed by atoms with E-state index in [1.165, 1.54) is 12.1 Å². The highest BCUT2D eigenvalue weighted by Gasteiger charge is 2.46. The standard InChI is InChI=1S/C19H27FN2O2/c1-14-12-22(13-17(14)21(2)3)18(23)19(8-10-24-11-9-19)15-4-6-16(20)7-5-15/h4-7,14,17H,8-13H2,1-3H3/t14-,17+/m1/s1. The Kier molecular flexibility index (Phi) is 4.92. The largest absolute Gasteiger partial charge is 0.381 e. The van der Waals surface area contributed by atoms with Crippen LogP contribution in [0.5, 0.6) is 0 Å². The minimum absolute atomic E-state index is 0.175. The maximum absolute atomic E-state index is 13.5. The highest BCUT2D eigenvalue weighted by Crippen LogP contribution is 2.38. The van der Waals surface area contributed by atoms with Crippen molar-refractivity contribution in [1.82, 2.24) is 9.80 Å². The zero-order chi connectivity index (χ0) is 17.3. The summed E-state index contributed by atoms with van der Waals surface area (Å²) in [6.07, 6.45) is 1.32. The third kappa shape index (κ3) is 3.07. The normalized spacial score (nSPS) is 26.8. The van der Waals surface area contributed by atoms with Gasteiger partial charge in [-0.3, -0.25) is 4.79 Å². The van der Waals surface area contributed by atoms with E-state index >= 15 is 0 Å². The zero-order valence-corrected chi connectivity index (χ0v) is 14.8. The molecule has 0 bridgehead atoms. The van der Waals surface area contributed by atoms with Crippen LogP contribution in [-0.4, -0.2) is 62.1 Å². The van der Waals surface area contributed by atoms with Crippen molar-refractivity contribution in [2.24, 2.45) is 5.92 Å². The number of rotatable bonds is 3. The van der Waals surface area contributed by atoms with Crippen LogP contribution >= 0.6 is 0 Å². The quantitative estimate of drug-likeness (QED) is 0.850. The molecule has 2 heterocycles. The van der Waals surface area contributed by atoms with E-state index < -0.39 is 5.41 Å². The molecule has 2 atom stereocenters. The number of likely N-dealkylation sites (tertiary alicyclic amines) is 1. The van der Waals surface area contributed by atoms with Crippen molar-refractivity contribution in [3.8, 4) is 0 Å². The van der Waals surface area contributed by atoms with Crippen LogP contribution in [0.3, 0.4) is 0 Å². The van der Waals surface area contributed by atoms with Crippen LogP contribution in [0.25, 0.3) is 0 Å². The van der Waals surface area contributed by atoms with E-state index in [1.54, 1.807) is 12.1 Å². The number of nitrogens with zero attached hydrogens (tertiary/aromatic N) is 2. The summed E-state index contributed by atoms with van der Waals surface area (Å²) in [6, 6.07) is 6.83. The molecule has 1 aromatic rings. The van der Waals surface area contributed by atoms with Gasteiger partial charge in [-0.25, -0.2) is 4.39 Å². The molecular formula is C19H27FN2O2. The maximum Gasteiger partial charge on any atom is 0.233 e. The molecule has 2 aliphatic rings. The van der Waals surface area contributed by atoms with Crippen molar-refractivity contribution in [3.63, 3.8) is 0 Å². The Labute approximate surface area is 143 Å². The molecule has 0 N–H and O–H groups in total. The van der Waals surface area contributed by atoms with Gasteiger partial charge in [-0.2, -0.15) is 0 Å². The SMILES string of the molecule is C[C@@H]1CN(C(=O)C2(c3ccc(F)cc3)CCOCC2)C[C@@H]1N(C)C. The highest BCUT2D eigenvalue weighted by molar-refractivity contribution is 5.88. The number of benzene rings is 1. The van der Waals surface area contributed by atoms with Crippen LogP contribution in [0.15, 0.2) is 24.3 Å². The zero-order valence-electron chi connectivity index (χ0n) is 14.8. The first-order chi connectivity index (χ1) is 11.4. The van der Waals surface area contributed by atoms with Crippen molar-refractivity contribution in [2.75, 3.05) is 40.4 Å². The summed E-state index contributed by atoms with van der Waals surface area (Å²) < 4.78 is 18.9. The van der Waals surface area contributed by atoms with E-state index in [0.717, 1.165) is 18.7 Å². The van der Waals surface area contributed by atoms with Crippen molar-refractivity contribution in [2.45, 2.75) is 31.2 Å². The van der Waals surface area contributed by atoms with Crippen LogP contribution in [0, 0.1) is 11.7 Å². The fourth-order valence-corrected chi connectivity index (χ4v) is 4.21. The summed E-state index contributed by atoms with van der Waals surface area (Å²) in [5.41, 5.74) is 0.338. The molecule has 1 aromatic carbocycles. The van der Waals surface area contributed by atoms with E-state index in [9.17, 15) is 9.18 Å². The Balaban J connectivity index is 1.89. The number of carbonyl (C=O) groups excluding carboxylic acids is 1. The third-order valence-corrected chi connectivity index (χ3v) is 5.68. The number of likely N-dealkylation sites (N-methyl/N-ethyl adjacent to an activating group) is 1. The first kappa shape index (κ1) is 17.4. The lowest BCUT2D eigenvalue weighted by atomic mass is 9.73. The molecule has 5 heteroatoms. The van der Waals surface area contributed by atoms with E-state index in [4.69, 9.17) is 4.74 Å². The third-order valence-electron chi connectivity index (χ3n) is 5.68. The van der Waals surface area contributed by atoms with Crippen LogP contribution in [0.4, 0.5) is 4.39 Å². The predicted molar refractivity (Wildman–Crippen MR) is 91.4 cm³/mol. The average molecular weight is 334 g/mol. The smallest absolute Gasteiger partial charge is 0.233 e. The van der Waals surface area contributed by atoms with Crippen LogP contribution in [0.2, 0.25) is 0 Å². The Morgan fingerprint density at radius 3 is 2.38 bits per heavy atom. The Bertz CT molecular complexity index is 582. The Morgan fingerprint density at radius 1 is 1.21 bits per heavy atom. The van der Waals surface area contributed by atoms with Gasteiger partial charge in [0.15, 0.2) is 0 Å². The molecular weight excluding hydrogens is 307 g/mol. The Morgan fingerprint density at radius 2 is 1.83 bits per heavy atom. The number of amides is 1. The molecule has 2 saturated heterocycles. The van der Waals surface area contributed by atoms with Gasteiger partial charge < -0.3 is 14.5 Å². The van der Waals surface area contributed by atoms with Gasteiger partial charge in [-0.15, -0.1) is 0 Å². The Hall–Kier alpha value is -1.46. The molecule has 0 unspecified atom stereocenters. The predicted octanol–water partition coefficient (Wildman–Crippen LogP) is 2.28. The van der Waals surface area contributed by atoms with Gasteiger partial charge in [0.1, 0.15) is 5.82 Å². The minimum atomic E-state index is -0.577. The maximum atomic E-state index is 13.5. The lowest BCUT2D eigenvalue weighted by Crippen LogP contribution is -2.49. The van der Waals surface area contributed by atoms with E-state index in [1.807, 2.05) is 4.90 Å². The van der Waals surface area contributed by atoms with Gasteiger partial charge in [0.25, 0.3) is 0 Å². The average Bonchev–Trinajstić information content (AvgIpc) is 2.97. The summed E-state index contributed by atoms with van der Waals surface area (Å²) >= 11 is 0. The molecule has 2 aliphatic heterocycles. The van der Waals surface area contributed by atoms with Gasteiger partial charge in [0.2, 0.25) is 5.91 Å². The first-order valence-electron chi connectivity index (χ1n) is 8.73. The van der Waals surface area contributed by atoms with Gasteiger partial charge in [0, 0.05) is 32.3 Å². The van der Waals surface area contributed by atoms with Gasteiger partial charge in [0.05, 0.1) is 5.41 Å². The van der Waals surface area contributed by atoms with Crippen LogP contribution in [0.1, 0.15) is 25.3 Å². The molecule has 2 fully saturated rings. The van der Waals surface area contributed by atoms with Crippen molar-refractivity contribution in [3.05, 3.63) is 35.6 Å². The second-order valence-electron chi connectivity index (χ2n) is 7.42. The molecule has 3 rings (SSSR count). The second kappa shape index (κ2) is 6.81. The lowest BCUT2D eigenvalue weighted by Gasteiger charge is -2.39. The molecule has 4 nitrogen and oxygen atoms in total. The molecule has 0 radical (unpaired) electrons. The molecule has 24 heavy (non-hydrogen) atoms. The summed E-state index contributed by atoms with van der Waals surface area (Å²) in [5.74, 6) is 0.360. The number of hydrogen-bond donors (Lipinski definition) is 0. The van der Waals surface area contributed by atoms with E-state index in [0.29, 0.717) is 38.0 Å². The molecule has 1 amide bonds. The fourth-order valence-electron chi connectivity index (χ4n) is 4.21. The number of halogens is 1. The molecule has 0 saturated carbocycles. The van der Waals surface area contributed by atoms with E-state index in [2.05, 4.69) is 25.9 Å². The second-order valence-corrected chi connectivity index (χ2v) is 7.42. The topological polar surface area (TPSA) is 32.8 Å². The van der Waals surface area contributed by atoms with E-state index in [-0.39, 0.29) is 11.7 Å². The monoisotopic (exact) mass is 334 g/mol. The summed E-state index contributed by atoms with van der Waals surface area (Å²) in [7, 11) is 4.14. The fraction of sp³-hybridized carbons (Fsp3) is 0.632. The van der Waals surface area contributed by atoms with Crippen LogP contribution in [-0.2, 0) is 14.9 Å². The molecule has 132 valence electrons. The lowest BCUT2D eigenvalue weighted by molar-refractivity contribution is -0.140. The number of carbonyl (C=O) groups is 1. The first-order valence-corrected chi connectivity index (χ1v) is 8.73. The summed E-state index contributed by atoms with van der Waals surface area (Å²) in [6.45, 7) is 4.89. The minimum Gasteiger partial charge on any atom is -0.381 e. The number of ether oxygens (including phenoxy) is 1. The van der Waals surface area contributed by atoms with Crippen molar-refractivity contribution < 1.29 is 13.9 Å². The van der Waals surface area contributed by atoms with Gasteiger partial charge >= 0.3 is 0 Å². The number of hydrogen-bond acceptors (Lipinski definition) is 3. The molecule has 0 aliphatic carbocycles. The summed E-state index contributed by atoms with van der Waals surface area (Å²) in [5, 5.41) is 0. The highest BCUT2D eigenvalue weighted by atomic mass is 19.1. The van der Waals surface area contributed by atoms with Gasteiger partial charge in [-0.05, 0) is 50.6 Å². The summed E-state index contributed by atoms with van der Waals surface area (Å²) in [4.78, 5) is 17.7.